The summed E-state index contributed by atoms with van der Waals surface area (Å²) in [5, 5.41) is 10.4. The van der Waals surface area contributed by atoms with E-state index in [1.807, 2.05) is 0 Å². The van der Waals surface area contributed by atoms with E-state index in [2.05, 4.69) is 65.0 Å². The Balaban J connectivity index is 1.50. The van der Waals surface area contributed by atoms with Crippen LogP contribution in [0.1, 0.15) is 79.6 Å². The van der Waals surface area contributed by atoms with Crippen molar-refractivity contribution in [1.29, 1.82) is 0 Å². The molecule has 0 aromatic rings. The molecule has 1 N–H and O–H groups in total. The number of aliphatic hydroxyl groups excluding tert-OH is 1. The molecule has 6 aliphatic rings. The van der Waals surface area contributed by atoms with Crippen LogP contribution in [0.5, 0.6) is 0 Å². The van der Waals surface area contributed by atoms with Crippen LogP contribution in [-0.2, 0) is 9.78 Å². The Labute approximate surface area is 182 Å². The lowest BCUT2D eigenvalue weighted by atomic mass is 9.47. The second kappa shape index (κ2) is 6.80. The van der Waals surface area contributed by atoms with Crippen LogP contribution in [0.25, 0.3) is 0 Å². The third kappa shape index (κ3) is 2.55. The molecule has 166 valence electrons. The molecule has 3 nitrogen and oxygen atoms in total. The van der Waals surface area contributed by atoms with E-state index in [0.717, 1.165) is 19.3 Å². The van der Waals surface area contributed by atoms with Gasteiger partial charge >= 0.3 is 0 Å². The van der Waals surface area contributed by atoms with Crippen molar-refractivity contribution < 1.29 is 14.9 Å². The van der Waals surface area contributed by atoms with Crippen molar-refractivity contribution in [2.45, 2.75) is 96.9 Å². The van der Waals surface area contributed by atoms with Crippen LogP contribution >= 0.6 is 0 Å². The average molecular weight is 413 g/mol. The number of fused-ring (bicyclic) bond motifs is 2. The Morgan fingerprint density at radius 2 is 1.93 bits per heavy atom. The van der Waals surface area contributed by atoms with Gasteiger partial charge in [-0.3, -0.25) is 0 Å². The van der Waals surface area contributed by atoms with Crippen molar-refractivity contribution in [1.82, 2.24) is 0 Å². The first-order valence-electron chi connectivity index (χ1n) is 12.4. The van der Waals surface area contributed by atoms with Crippen molar-refractivity contribution in [2.75, 3.05) is 0 Å². The lowest BCUT2D eigenvalue weighted by Crippen LogP contribution is -2.69. The number of rotatable bonds is 4. The topological polar surface area (TPSA) is 38.7 Å². The summed E-state index contributed by atoms with van der Waals surface area (Å²) in [6.45, 7) is 11.9. The molecule has 2 spiro atoms. The molecule has 1 saturated heterocycles. The summed E-state index contributed by atoms with van der Waals surface area (Å²) in [4.78, 5) is 12.6. The molecule has 4 aliphatic carbocycles. The summed E-state index contributed by atoms with van der Waals surface area (Å²) in [6, 6.07) is 0. The molecule has 0 radical (unpaired) electrons. The van der Waals surface area contributed by atoms with Crippen LogP contribution in [0.4, 0.5) is 0 Å². The Bertz CT molecular complexity index is 798. The summed E-state index contributed by atoms with van der Waals surface area (Å²) in [5.74, 6) is 2.35. The predicted octanol–water partition coefficient (Wildman–Crippen LogP) is 6.15. The highest BCUT2D eigenvalue weighted by atomic mass is 17.2. The third-order valence-electron chi connectivity index (χ3n) is 10.1. The van der Waals surface area contributed by atoms with E-state index in [1.54, 1.807) is 0 Å². The maximum absolute atomic E-state index is 10.4. The lowest BCUT2D eigenvalue weighted by Gasteiger charge is -2.66. The van der Waals surface area contributed by atoms with Gasteiger partial charge in [-0.25, -0.2) is 9.78 Å². The summed E-state index contributed by atoms with van der Waals surface area (Å²) in [5.41, 5.74) is 0.678. The van der Waals surface area contributed by atoms with Crippen molar-refractivity contribution in [3.63, 3.8) is 0 Å². The minimum Gasteiger partial charge on any atom is -0.393 e. The quantitative estimate of drug-likeness (QED) is 0.445. The smallest absolute Gasteiger partial charge is 0.147 e. The fourth-order valence-electron chi connectivity index (χ4n) is 7.94. The molecule has 9 atom stereocenters. The zero-order chi connectivity index (χ0) is 21.4. The largest absolute Gasteiger partial charge is 0.393 e. The molecule has 3 heteroatoms. The number of aliphatic hydroxyl groups is 1. The highest BCUT2D eigenvalue weighted by molar-refractivity contribution is 5.48. The molecule has 2 aliphatic heterocycles. The van der Waals surface area contributed by atoms with Crippen LogP contribution in [-0.4, -0.2) is 22.4 Å². The minimum absolute atomic E-state index is 0.0687. The molecular weight excluding hydrogens is 372 g/mol. The Kier molecular flexibility index (Phi) is 4.75. The van der Waals surface area contributed by atoms with Crippen molar-refractivity contribution in [2.24, 2.45) is 34.5 Å². The Hall–Kier alpha value is -0.900. The van der Waals surface area contributed by atoms with E-state index in [4.69, 9.17) is 9.78 Å². The highest BCUT2D eigenvalue weighted by Crippen LogP contribution is 2.71. The van der Waals surface area contributed by atoms with Crippen LogP contribution in [0.2, 0.25) is 0 Å². The van der Waals surface area contributed by atoms with Gasteiger partial charge in [0, 0.05) is 17.8 Å². The number of allylic oxidation sites excluding steroid dienone is 3. The number of hydrogen-bond acceptors (Lipinski definition) is 3. The normalized spacial score (nSPS) is 51.3. The molecular formula is C27H40O3. The van der Waals surface area contributed by atoms with Gasteiger partial charge in [0.15, 0.2) is 0 Å². The Morgan fingerprint density at radius 1 is 1.13 bits per heavy atom. The molecule has 2 bridgehead atoms. The van der Waals surface area contributed by atoms with Crippen molar-refractivity contribution in [3.05, 3.63) is 36.0 Å². The fourth-order valence-corrected chi connectivity index (χ4v) is 7.94. The maximum Gasteiger partial charge on any atom is 0.147 e. The van der Waals surface area contributed by atoms with Gasteiger partial charge in [-0.2, -0.15) is 0 Å². The number of hydrogen-bond donors (Lipinski definition) is 1. The first-order chi connectivity index (χ1) is 14.2. The van der Waals surface area contributed by atoms with E-state index in [0.29, 0.717) is 30.1 Å². The van der Waals surface area contributed by atoms with Crippen LogP contribution in [0, 0.1) is 34.5 Å². The molecule has 0 amide bonds. The molecule has 0 aromatic heterocycles. The summed E-state index contributed by atoms with van der Waals surface area (Å²) >= 11 is 0. The third-order valence-corrected chi connectivity index (χ3v) is 10.1. The first kappa shape index (κ1) is 21.0. The van der Waals surface area contributed by atoms with Gasteiger partial charge in [-0.05, 0) is 73.0 Å². The minimum atomic E-state index is -0.504. The molecule has 0 aromatic carbocycles. The second-order valence-corrected chi connectivity index (χ2v) is 11.6. The van der Waals surface area contributed by atoms with Crippen molar-refractivity contribution in [3.8, 4) is 0 Å². The molecule has 30 heavy (non-hydrogen) atoms. The van der Waals surface area contributed by atoms with Gasteiger partial charge in [-0.1, -0.05) is 59.3 Å². The molecule has 3 fully saturated rings. The van der Waals surface area contributed by atoms with Gasteiger partial charge in [0.1, 0.15) is 11.2 Å². The van der Waals surface area contributed by atoms with Gasteiger partial charge in [0.2, 0.25) is 0 Å². The standard InChI is InChI=1S/C27H40O3/c1-6-18(2)7-8-19(3)21-9-10-22-24(21,4)13-12-23-25(5)14-11-20(28)17-26(25)15-16-27(22,23)30-29-26/h7-8,12,15-16,18-22,28H,6,9-11,13-14,17H2,1-5H3/b8-7+/t18?,19-,20+,21?,22?,24-,25-,26-,27+/m1/s1. The van der Waals surface area contributed by atoms with Gasteiger partial charge in [0.25, 0.3) is 0 Å². The first-order valence-corrected chi connectivity index (χ1v) is 12.4. The van der Waals surface area contributed by atoms with E-state index >= 15 is 0 Å². The second-order valence-electron chi connectivity index (χ2n) is 11.6. The molecule has 3 unspecified atom stereocenters. The SMILES string of the molecule is CCC(C)/C=C/[C@@H](C)C1CCC2[C@]1(C)CC=C1[C@]23C=C[C@]2(C[C@@H](O)CC[C@]12C)OO3. The molecule has 2 heterocycles. The monoisotopic (exact) mass is 412 g/mol. The Morgan fingerprint density at radius 3 is 2.63 bits per heavy atom. The van der Waals surface area contributed by atoms with E-state index in [-0.39, 0.29) is 16.9 Å². The van der Waals surface area contributed by atoms with Gasteiger partial charge in [0.05, 0.1) is 6.10 Å². The van der Waals surface area contributed by atoms with Crippen molar-refractivity contribution >= 4 is 0 Å². The lowest BCUT2D eigenvalue weighted by molar-refractivity contribution is -0.455. The van der Waals surface area contributed by atoms with Gasteiger partial charge in [-0.15, -0.1) is 0 Å². The zero-order valence-corrected chi connectivity index (χ0v) is 19.5. The van der Waals surface area contributed by atoms with E-state index in [1.165, 1.54) is 24.8 Å². The van der Waals surface area contributed by atoms with E-state index < -0.39 is 11.2 Å². The zero-order valence-electron chi connectivity index (χ0n) is 19.5. The van der Waals surface area contributed by atoms with Crippen LogP contribution in [0.3, 0.4) is 0 Å². The summed E-state index contributed by atoms with van der Waals surface area (Å²) in [7, 11) is 0. The maximum atomic E-state index is 10.4. The van der Waals surface area contributed by atoms with Gasteiger partial charge < -0.3 is 5.11 Å². The summed E-state index contributed by atoms with van der Waals surface area (Å²) < 4.78 is 0. The van der Waals surface area contributed by atoms with Crippen LogP contribution in [0.15, 0.2) is 36.0 Å². The molecule has 6 rings (SSSR count). The van der Waals surface area contributed by atoms with E-state index in [9.17, 15) is 5.11 Å². The highest BCUT2D eigenvalue weighted by Gasteiger charge is 2.71. The summed E-state index contributed by atoms with van der Waals surface area (Å²) in [6.07, 6.45) is 19.0. The average Bonchev–Trinajstić information content (AvgIpc) is 3.09. The van der Waals surface area contributed by atoms with Crippen LogP contribution < -0.4 is 0 Å². The predicted molar refractivity (Wildman–Crippen MR) is 120 cm³/mol. The molecule has 2 saturated carbocycles. The fraction of sp³-hybridized carbons (Fsp3) is 0.778.